The van der Waals surface area contributed by atoms with Gasteiger partial charge < -0.3 is 9.84 Å². The van der Waals surface area contributed by atoms with Crippen molar-refractivity contribution in [1.82, 2.24) is 4.31 Å². The van der Waals surface area contributed by atoms with Crippen molar-refractivity contribution in [1.29, 1.82) is 0 Å². The van der Waals surface area contributed by atoms with Crippen molar-refractivity contribution in [2.45, 2.75) is 36.5 Å². The number of hydrogen-bond acceptors (Lipinski definition) is 4. The van der Waals surface area contributed by atoms with Crippen LogP contribution < -0.4 is 0 Å². The second-order valence-corrected chi connectivity index (χ2v) is 8.44. The molecule has 5 nitrogen and oxygen atoms in total. The van der Waals surface area contributed by atoms with Crippen LogP contribution in [-0.4, -0.2) is 42.6 Å². The number of benzene rings is 2. The number of ether oxygens (including phenoxy) is 1. The van der Waals surface area contributed by atoms with Crippen molar-refractivity contribution < 1.29 is 18.3 Å². The maximum Gasteiger partial charge on any atom is 0.243 e. The molecule has 0 bridgehead atoms. The number of hydrogen-bond donors (Lipinski definition) is 1. The molecule has 6 heteroatoms. The van der Waals surface area contributed by atoms with E-state index >= 15 is 0 Å². The van der Waals surface area contributed by atoms with Crippen LogP contribution in [0.3, 0.4) is 0 Å². The fourth-order valence-electron chi connectivity index (χ4n) is 3.11. The first-order valence-electron chi connectivity index (χ1n) is 8.32. The number of sulfonamides is 1. The highest BCUT2D eigenvalue weighted by atomic mass is 32.2. The van der Waals surface area contributed by atoms with Gasteiger partial charge in [-0.25, -0.2) is 8.42 Å². The minimum Gasteiger partial charge on any atom is -0.388 e. The van der Waals surface area contributed by atoms with Gasteiger partial charge in [-0.1, -0.05) is 48.5 Å². The summed E-state index contributed by atoms with van der Waals surface area (Å²) in [5.74, 6) is 0. The van der Waals surface area contributed by atoms with Crippen molar-refractivity contribution in [3.8, 4) is 0 Å². The van der Waals surface area contributed by atoms with Crippen LogP contribution in [-0.2, 0) is 21.4 Å². The monoisotopic (exact) mass is 361 g/mol. The lowest BCUT2D eigenvalue weighted by Crippen LogP contribution is -2.48. The molecule has 2 aromatic rings. The van der Waals surface area contributed by atoms with Gasteiger partial charge in [0.05, 0.1) is 29.8 Å². The maximum absolute atomic E-state index is 12.9. The van der Waals surface area contributed by atoms with Crippen LogP contribution in [0.15, 0.2) is 65.6 Å². The molecule has 0 saturated carbocycles. The van der Waals surface area contributed by atoms with Gasteiger partial charge in [0, 0.05) is 6.54 Å². The van der Waals surface area contributed by atoms with Crippen molar-refractivity contribution in [3.05, 3.63) is 66.2 Å². The fraction of sp³-hybridized carbons (Fsp3) is 0.368. The highest BCUT2D eigenvalue weighted by Gasteiger charge is 2.48. The van der Waals surface area contributed by atoms with Crippen molar-refractivity contribution in [2.75, 3.05) is 13.2 Å². The smallest absolute Gasteiger partial charge is 0.243 e. The molecule has 0 radical (unpaired) electrons. The van der Waals surface area contributed by atoms with Gasteiger partial charge in [0.15, 0.2) is 0 Å². The van der Waals surface area contributed by atoms with Gasteiger partial charge in [-0.05, 0) is 31.0 Å². The first-order chi connectivity index (χ1) is 11.9. The topological polar surface area (TPSA) is 66.8 Å². The minimum absolute atomic E-state index is 0.147. The second-order valence-electron chi connectivity index (χ2n) is 6.55. The third-order valence-electron chi connectivity index (χ3n) is 4.64. The van der Waals surface area contributed by atoms with Crippen molar-refractivity contribution in [2.24, 2.45) is 0 Å². The van der Waals surface area contributed by atoms with E-state index in [-0.39, 0.29) is 18.0 Å². The molecule has 2 aromatic carbocycles. The van der Waals surface area contributed by atoms with Gasteiger partial charge in [0.1, 0.15) is 0 Å². The third kappa shape index (κ3) is 3.93. The van der Waals surface area contributed by atoms with Gasteiger partial charge in [-0.3, -0.25) is 0 Å². The molecule has 1 saturated heterocycles. The molecular formula is C19H23NO4S. The predicted octanol–water partition coefficient (Wildman–Crippen LogP) is 2.42. The van der Waals surface area contributed by atoms with E-state index in [0.29, 0.717) is 13.0 Å². The van der Waals surface area contributed by atoms with Crippen LogP contribution >= 0.6 is 0 Å². The van der Waals surface area contributed by atoms with Crippen molar-refractivity contribution >= 4 is 10.0 Å². The second kappa shape index (κ2) is 7.25. The number of rotatable bonds is 6. The summed E-state index contributed by atoms with van der Waals surface area (Å²) in [6.45, 7) is 2.48. The first kappa shape index (κ1) is 18.1. The molecule has 1 N–H and O–H groups in total. The van der Waals surface area contributed by atoms with E-state index in [1.807, 2.05) is 30.3 Å². The van der Waals surface area contributed by atoms with Gasteiger partial charge >= 0.3 is 0 Å². The zero-order chi connectivity index (χ0) is 17.9. The molecule has 1 aliphatic rings. The Morgan fingerprint density at radius 1 is 1.12 bits per heavy atom. The Hall–Kier alpha value is -1.73. The van der Waals surface area contributed by atoms with Crippen LogP contribution in [0.25, 0.3) is 0 Å². The molecule has 0 spiro atoms. The molecule has 0 aliphatic carbocycles. The normalized spacial score (nSPS) is 24.5. The highest BCUT2D eigenvalue weighted by molar-refractivity contribution is 7.89. The van der Waals surface area contributed by atoms with E-state index in [1.54, 1.807) is 37.3 Å². The molecule has 1 heterocycles. The standard InChI is InChI=1S/C19H23NO4S/c1-19(21)12-13-20(25(22,23)17-10-6-3-7-11-17)18(19)15-24-14-16-8-4-2-5-9-16/h2-11,18,21H,12-15H2,1H3/t18-,19+/m1/s1. The Bertz CT molecular complexity index is 791. The average Bonchev–Trinajstić information content (AvgIpc) is 2.92. The summed E-state index contributed by atoms with van der Waals surface area (Å²) >= 11 is 0. The molecule has 25 heavy (non-hydrogen) atoms. The molecule has 0 amide bonds. The van der Waals surface area contributed by atoms with E-state index in [1.165, 1.54) is 4.31 Å². The summed E-state index contributed by atoms with van der Waals surface area (Å²) in [7, 11) is -3.66. The Morgan fingerprint density at radius 3 is 2.36 bits per heavy atom. The van der Waals surface area contributed by atoms with E-state index < -0.39 is 21.7 Å². The molecule has 0 aromatic heterocycles. The summed E-state index contributed by atoms with van der Waals surface area (Å²) in [4.78, 5) is 0.237. The Labute approximate surface area is 148 Å². The summed E-state index contributed by atoms with van der Waals surface area (Å²) < 4.78 is 33.0. The quantitative estimate of drug-likeness (QED) is 0.858. The number of nitrogens with zero attached hydrogens (tertiary/aromatic N) is 1. The zero-order valence-electron chi connectivity index (χ0n) is 14.2. The van der Waals surface area contributed by atoms with Gasteiger partial charge in [-0.15, -0.1) is 0 Å². The van der Waals surface area contributed by atoms with Crippen LogP contribution in [0.2, 0.25) is 0 Å². The molecule has 3 rings (SSSR count). The maximum atomic E-state index is 12.9. The zero-order valence-corrected chi connectivity index (χ0v) is 15.0. The fourth-order valence-corrected chi connectivity index (χ4v) is 4.84. The van der Waals surface area contributed by atoms with Crippen molar-refractivity contribution in [3.63, 3.8) is 0 Å². The summed E-state index contributed by atoms with van der Waals surface area (Å²) in [6, 6.07) is 17.4. The SMILES string of the molecule is C[C@]1(O)CCN(S(=O)(=O)c2ccccc2)[C@@H]1COCc1ccccc1. The largest absolute Gasteiger partial charge is 0.388 e. The Kier molecular flexibility index (Phi) is 5.24. The molecule has 2 atom stereocenters. The highest BCUT2D eigenvalue weighted by Crippen LogP contribution is 2.33. The minimum atomic E-state index is -3.66. The molecule has 0 unspecified atom stereocenters. The lowest BCUT2D eigenvalue weighted by Gasteiger charge is -2.30. The van der Waals surface area contributed by atoms with Crippen LogP contribution in [0.1, 0.15) is 18.9 Å². The van der Waals surface area contributed by atoms with Gasteiger partial charge in [0.25, 0.3) is 0 Å². The molecule has 134 valence electrons. The van der Waals surface area contributed by atoms with Gasteiger partial charge in [-0.2, -0.15) is 4.31 Å². The van der Waals surface area contributed by atoms with Crippen LogP contribution in [0, 0.1) is 0 Å². The summed E-state index contributed by atoms with van der Waals surface area (Å²) in [6.07, 6.45) is 0.387. The lowest BCUT2D eigenvalue weighted by molar-refractivity contribution is -0.0136. The number of aliphatic hydroxyl groups is 1. The molecule has 1 aliphatic heterocycles. The first-order valence-corrected chi connectivity index (χ1v) is 9.76. The Morgan fingerprint density at radius 2 is 1.72 bits per heavy atom. The molecular weight excluding hydrogens is 338 g/mol. The Balaban J connectivity index is 1.75. The average molecular weight is 361 g/mol. The van der Waals surface area contributed by atoms with E-state index in [4.69, 9.17) is 4.74 Å². The predicted molar refractivity (Wildman–Crippen MR) is 95.5 cm³/mol. The summed E-state index contributed by atoms with van der Waals surface area (Å²) in [5.41, 5.74) is -0.101. The molecule has 1 fully saturated rings. The van der Waals surface area contributed by atoms with Crippen LogP contribution in [0.5, 0.6) is 0 Å². The van der Waals surface area contributed by atoms with E-state index in [2.05, 4.69) is 0 Å². The van der Waals surface area contributed by atoms with E-state index in [9.17, 15) is 13.5 Å². The lowest BCUT2D eigenvalue weighted by atomic mass is 9.98. The van der Waals surface area contributed by atoms with Gasteiger partial charge in [0.2, 0.25) is 10.0 Å². The summed E-state index contributed by atoms with van der Waals surface area (Å²) in [5, 5.41) is 10.6. The van der Waals surface area contributed by atoms with Crippen LogP contribution in [0.4, 0.5) is 0 Å². The van der Waals surface area contributed by atoms with E-state index in [0.717, 1.165) is 5.56 Å². The third-order valence-corrected chi connectivity index (χ3v) is 6.56.